The first-order valence-corrected chi connectivity index (χ1v) is 11.8. The van der Waals surface area contributed by atoms with Crippen LogP contribution >= 0.6 is 0 Å². The normalized spacial score (nSPS) is 17.9. The fraction of sp³-hybridized carbons (Fsp3) is 0.542. The zero-order chi connectivity index (χ0) is 23.7. The number of hydrogen-bond acceptors (Lipinski definition) is 9. The lowest BCUT2D eigenvalue weighted by Crippen LogP contribution is -2.50. The Bertz CT molecular complexity index is 1010. The van der Waals surface area contributed by atoms with Gasteiger partial charge in [0.05, 0.1) is 12.6 Å². The van der Waals surface area contributed by atoms with Crippen LogP contribution in [0.1, 0.15) is 63.4 Å². The lowest BCUT2D eigenvalue weighted by Gasteiger charge is -2.27. The molecule has 178 valence electrons. The molecular weight excluding hydrogens is 418 g/mol. The van der Waals surface area contributed by atoms with Gasteiger partial charge in [0.1, 0.15) is 5.69 Å². The molecule has 1 atom stereocenters. The largest absolute Gasteiger partial charge is 0.394 e. The molecule has 1 aromatic heterocycles. The number of benzene rings is 1. The minimum absolute atomic E-state index is 0.0254. The van der Waals surface area contributed by atoms with Crippen molar-refractivity contribution in [1.29, 1.82) is 0 Å². The minimum atomic E-state index is 0.0254. The molecule has 0 aliphatic carbocycles. The smallest absolute Gasteiger partial charge is 0.229 e. The monoisotopic (exact) mass is 453 g/mol. The van der Waals surface area contributed by atoms with Crippen molar-refractivity contribution in [2.75, 3.05) is 33.4 Å². The molecule has 0 spiro atoms. The first kappa shape index (κ1) is 23.3. The molecule has 0 unspecified atom stereocenters. The number of rotatable bonds is 8. The van der Waals surface area contributed by atoms with Crippen LogP contribution in [0.25, 0.3) is 0 Å². The molecule has 9 nitrogen and oxygen atoms in total. The number of fused-ring (bicyclic) bond motifs is 1. The average Bonchev–Trinajstić information content (AvgIpc) is 3.42. The van der Waals surface area contributed by atoms with E-state index in [0.29, 0.717) is 23.9 Å². The SMILES string of the molecule is CC(=O)c1ccccc1CNc1nc(N2CCC[C@@H]2CO)nc2c1N(C(C)C)NN2C(C)C. The number of carbonyl (C=O) groups is 1. The summed E-state index contributed by atoms with van der Waals surface area (Å²) in [6, 6.07) is 8.02. The Morgan fingerprint density at radius 1 is 1.18 bits per heavy atom. The molecule has 0 saturated carbocycles. The molecule has 2 aromatic rings. The number of aromatic nitrogens is 2. The number of hydrazine groups is 2. The van der Waals surface area contributed by atoms with Gasteiger partial charge in [0.25, 0.3) is 0 Å². The van der Waals surface area contributed by atoms with Crippen LogP contribution in [0.5, 0.6) is 0 Å². The Morgan fingerprint density at radius 3 is 2.58 bits per heavy atom. The van der Waals surface area contributed by atoms with Gasteiger partial charge in [-0.25, -0.2) is 0 Å². The van der Waals surface area contributed by atoms with Crippen LogP contribution in [0.2, 0.25) is 0 Å². The van der Waals surface area contributed by atoms with Crippen molar-refractivity contribution < 1.29 is 9.90 Å². The van der Waals surface area contributed by atoms with Gasteiger partial charge in [-0.3, -0.25) is 14.8 Å². The summed E-state index contributed by atoms with van der Waals surface area (Å²) < 4.78 is 0. The highest BCUT2D eigenvalue weighted by atomic mass is 16.3. The van der Waals surface area contributed by atoms with E-state index in [4.69, 9.17) is 9.97 Å². The lowest BCUT2D eigenvalue weighted by atomic mass is 10.0. The third-order valence-electron chi connectivity index (χ3n) is 6.26. The third-order valence-corrected chi connectivity index (χ3v) is 6.26. The van der Waals surface area contributed by atoms with Gasteiger partial charge in [0, 0.05) is 30.7 Å². The molecule has 2 aliphatic rings. The van der Waals surface area contributed by atoms with E-state index in [1.165, 1.54) is 0 Å². The number of aliphatic hydroxyl groups excluding tert-OH is 1. The summed E-state index contributed by atoms with van der Waals surface area (Å²) in [5.41, 5.74) is 5.99. The molecule has 2 aliphatic heterocycles. The highest BCUT2D eigenvalue weighted by Gasteiger charge is 2.36. The summed E-state index contributed by atoms with van der Waals surface area (Å²) in [5.74, 6) is 2.18. The highest BCUT2D eigenvalue weighted by molar-refractivity contribution is 5.95. The maximum atomic E-state index is 12.1. The number of ketones is 1. The number of Topliss-reactive ketones (excluding diaryl/α,β-unsaturated/α-hetero) is 1. The number of hydrogen-bond donors (Lipinski definition) is 3. The number of nitrogens with zero attached hydrogens (tertiary/aromatic N) is 5. The first-order valence-electron chi connectivity index (χ1n) is 11.8. The van der Waals surface area contributed by atoms with Crippen molar-refractivity contribution in [1.82, 2.24) is 15.5 Å². The zero-order valence-corrected chi connectivity index (χ0v) is 20.2. The van der Waals surface area contributed by atoms with E-state index in [1.54, 1.807) is 6.92 Å². The molecule has 1 saturated heterocycles. The Morgan fingerprint density at radius 2 is 1.91 bits per heavy atom. The summed E-state index contributed by atoms with van der Waals surface area (Å²) >= 11 is 0. The lowest BCUT2D eigenvalue weighted by molar-refractivity contribution is 0.101. The van der Waals surface area contributed by atoms with Crippen LogP contribution in [0.4, 0.5) is 23.3 Å². The minimum Gasteiger partial charge on any atom is -0.394 e. The zero-order valence-electron chi connectivity index (χ0n) is 20.2. The highest BCUT2D eigenvalue weighted by Crippen LogP contribution is 2.41. The van der Waals surface area contributed by atoms with Gasteiger partial charge in [-0.05, 0) is 53.0 Å². The second kappa shape index (κ2) is 9.52. The molecule has 0 bridgehead atoms. The van der Waals surface area contributed by atoms with Gasteiger partial charge >= 0.3 is 0 Å². The quantitative estimate of drug-likeness (QED) is 0.521. The maximum Gasteiger partial charge on any atom is 0.229 e. The molecule has 0 amide bonds. The molecule has 9 heteroatoms. The van der Waals surface area contributed by atoms with Crippen molar-refractivity contribution in [2.45, 2.75) is 72.1 Å². The Hall–Kier alpha value is -2.91. The second-order valence-corrected chi connectivity index (χ2v) is 9.31. The second-order valence-electron chi connectivity index (χ2n) is 9.31. The van der Waals surface area contributed by atoms with E-state index in [9.17, 15) is 9.90 Å². The van der Waals surface area contributed by atoms with Crippen molar-refractivity contribution >= 4 is 29.1 Å². The van der Waals surface area contributed by atoms with Gasteiger partial charge in [0.15, 0.2) is 17.4 Å². The van der Waals surface area contributed by atoms with Gasteiger partial charge < -0.3 is 15.3 Å². The average molecular weight is 454 g/mol. The number of carbonyl (C=O) groups excluding carboxylic acids is 1. The van der Waals surface area contributed by atoms with Crippen molar-refractivity contribution in [3.63, 3.8) is 0 Å². The Balaban J connectivity index is 1.77. The maximum absolute atomic E-state index is 12.1. The van der Waals surface area contributed by atoms with Crippen LogP contribution in [0, 0.1) is 0 Å². The molecule has 3 heterocycles. The van der Waals surface area contributed by atoms with Crippen LogP contribution in [-0.2, 0) is 6.54 Å². The van der Waals surface area contributed by atoms with Gasteiger partial charge in [-0.1, -0.05) is 24.3 Å². The molecule has 33 heavy (non-hydrogen) atoms. The number of nitrogens with one attached hydrogen (secondary N) is 2. The molecule has 1 aromatic carbocycles. The van der Waals surface area contributed by atoms with E-state index < -0.39 is 0 Å². The van der Waals surface area contributed by atoms with E-state index >= 15 is 0 Å². The summed E-state index contributed by atoms with van der Waals surface area (Å²) in [7, 11) is 0. The molecular formula is C24H35N7O2. The van der Waals surface area contributed by atoms with Crippen LogP contribution in [0.15, 0.2) is 24.3 Å². The molecule has 1 fully saturated rings. The predicted molar refractivity (Wildman–Crippen MR) is 132 cm³/mol. The molecule has 0 radical (unpaired) electrons. The van der Waals surface area contributed by atoms with E-state index in [0.717, 1.165) is 36.5 Å². The van der Waals surface area contributed by atoms with Crippen LogP contribution in [-0.4, -0.2) is 52.1 Å². The van der Waals surface area contributed by atoms with Crippen LogP contribution < -0.4 is 25.8 Å². The first-order chi connectivity index (χ1) is 15.8. The van der Waals surface area contributed by atoms with Crippen molar-refractivity contribution in [3.05, 3.63) is 35.4 Å². The Kier molecular flexibility index (Phi) is 6.71. The molecule has 4 rings (SSSR count). The van der Waals surface area contributed by atoms with Crippen molar-refractivity contribution in [2.24, 2.45) is 0 Å². The fourth-order valence-corrected chi connectivity index (χ4v) is 4.51. The molecule has 3 N–H and O–H groups in total. The summed E-state index contributed by atoms with van der Waals surface area (Å²) in [5, 5.41) is 17.5. The summed E-state index contributed by atoms with van der Waals surface area (Å²) in [6.45, 7) is 11.4. The van der Waals surface area contributed by atoms with Gasteiger partial charge in [-0.15, -0.1) is 5.53 Å². The van der Waals surface area contributed by atoms with Crippen molar-refractivity contribution in [3.8, 4) is 0 Å². The van der Waals surface area contributed by atoms with Gasteiger partial charge in [0.2, 0.25) is 5.95 Å². The van der Waals surface area contributed by atoms with E-state index in [2.05, 4.69) is 53.5 Å². The third kappa shape index (κ3) is 4.47. The van der Waals surface area contributed by atoms with E-state index in [1.807, 2.05) is 24.3 Å². The number of anilines is 4. The summed E-state index contributed by atoms with van der Waals surface area (Å²) in [4.78, 5) is 24.1. The standard InChI is InChI=1S/C24H35N7O2/c1-15(2)30-21-22(25-13-18-9-6-7-11-20(18)17(5)33)26-24(29-12-8-10-19(29)14-32)27-23(21)31(28-30)16(3)4/h6-7,9,11,15-16,19,28,32H,8,10,12-14H2,1-5H3,(H,25,26,27)/t19-/m1/s1. The topological polar surface area (TPSA) is 96.9 Å². The Labute approximate surface area is 195 Å². The van der Waals surface area contributed by atoms with Gasteiger partial charge in [-0.2, -0.15) is 9.97 Å². The van der Waals surface area contributed by atoms with E-state index in [-0.39, 0.29) is 30.5 Å². The fourth-order valence-electron chi connectivity index (χ4n) is 4.51. The number of aliphatic hydroxyl groups is 1. The van der Waals surface area contributed by atoms with Crippen LogP contribution in [0.3, 0.4) is 0 Å². The predicted octanol–water partition coefficient (Wildman–Crippen LogP) is 3.12. The summed E-state index contributed by atoms with van der Waals surface area (Å²) in [6.07, 6.45) is 1.93.